The summed E-state index contributed by atoms with van der Waals surface area (Å²) in [5, 5.41) is 2.91. The van der Waals surface area contributed by atoms with Crippen LogP contribution in [0.4, 0.5) is 4.79 Å². The zero-order valence-corrected chi connectivity index (χ0v) is 13.5. The second-order valence-corrected chi connectivity index (χ2v) is 6.89. The summed E-state index contributed by atoms with van der Waals surface area (Å²) in [5.74, 6) is -1.03. The molecule has 0 aromatic rings. The van der Waals surface area contributed by atoms with Gasteiger partial charge in [-0.3, -0.25) is 9.69 Å². The molecule has 22 heavy (non-hydrogen) atoms. The van der Waals surface area contributed by atoms with Crippen molar-refractivity contribution < 1.29 is 23.9 Å². The summed E-state index contributed by atoms with van der Waals surface area (Å²) in [4.78, 5) is 37.6. The van der Waals surface area contributed by atoms with Crippen LogP contribution >= 0.6 is 0 Å². The fraction of sp³-hybridized carbons (Fsp3) is 0.800. The number of nitrogens with one attached hydrogen (secondary N) is 1. The summed E-state index contributed by atoms with van der Waals surface area (Å²) >= 11 is 0. The molecule has 0 unspecified atom stereocenters. The van der Waals surface area contributed by atoms with Crippen molar-refractivity contribution in [1.82, 2.24) is 10.2 Å². The Labute approximate surface area is 130 Å². The molecule has 2 aliphatic rings. The van der Waals surface area contributed by atoms with E-state index >= 15 is 0 Å². The maximum absolute atomic E-state index is 12.3. The van der Waals surface area contributed by atoms with Gasteiger partial charge >= 0.3 is 12.1 Å². The van der Waals surface area contributed by atoms with Crippen LogP contribution in [0.1, 0.15) is 40.0 Å². The second-order valence-electron chi connectivity index (χ2n) is 6.89. The Morgan fingerprint density at radius 1 is 1.18 bits per heavy atom. The zero-order chi connectivity index (χ0) is 16.5. The Hall–Kier alpha value is -1.79. The van der Waals surface area contributed by atoms with Crippen LogP contribution in [0, 0.1) is 5.92 Å². The van der Waals surface area contributed by atoms with Crippen molar-refractivity contribution in [2.75, 3.05) is 13.7 Å². The van der Waals surface area contributed by atoms with Crippen LogP contribution in [-0.2, 0) is 19.1 Å². The van der Waals surface area contributed by atoms with E-state index in [4.69, 9.17) is 9.47 Å². The molecule has 1 aliphatic carbocycles. The lowest BCUT2D eigenvalue weighted by Gasteiger charge is -2.27. The standard InChI is InChI=1S/C15H24N2O5/c1-15(2,3)22-14(20)17-8-9(7-11(17)13(19)21-4)12(18)16-10-5-6-10/h9-11H,5-8H2,1-4H3,(H,16,18)/t9-,11+/m1/s1. The minimum atomic E-state index is -0.769. The summed E-state index contributed by atoms with van der Waals surface area (Å²) in [6, 6.07) is -0.519. The van der Waals surface area contributed by atoms with Gasteiger partial charge in [0.05, 0.1) is 13.0 Å². The predicted molar refractivity (Wildman–Crippen MR) is 78.0 cm³/mol. The number of esters is 1. The highest BCUT2D eigenvalue weighted by atomic mass is 16.6. The van der Waals surface area contributed by atoms with Crippen molar-refractivity contribution in [1.29, 1.82) is 0 Å². The van der Waals surface area contributed by atoms with Crippen LogP contribution in [-0.4, -0.2) is 54.2 Å². The summed E-state index contributed by atoms with van der Waals surface area (Å²) in [5.41, 5.74) is -0.661. The van der Waals surface area contributed by atoms with Gasteiger partial charge in [-0.2, -0.15) is 0 Å². The van der Waals surface area contributed by atoms with Gasteiger partial charge in [0.2, 0.25) is 5.91 Å². The van der Waals surface area contributed by atoms with Gasteiger partial charge in [0, 0.05) is 12.6 Å². The van der Waals surface area contributed by atoms with Crippen molar-refractivity contribution in [2.45, 2.75) is 57.7 Å². The first kappa shape index (κ1) is 16.6. The lowest BCUT2D eigenvalue weighted by Crippen LogP contribution is -2.44. The normalized spacial score (nSPS) is 24.8. The molecule has 124 valence electrons. The van der Waals surface area contributed by atoms with Crippen molar-refractivity contribution in [3.8, 4) is 0 Å². The number of carbonyl (C=O) groups excluding carboxylic acids is 3. The van der Waals surface area contributed by atoms with E-state index in [0.29, 0.717) is 0 Å². The van der Waals surface area contributed by atoms with Crippen LogP contribution in [0.5, 0.6) is 0 Å². The molecular formula is C15H24N2O5. The first-order valence-corrected chi connectivity index (χ1v) is 7.59. The van der Waals surface area contributed by atoms with E-state index in [9.17, 15) is 14.4 Å². The topological polar surface area (TPSA) is 84.9 Å². The van der Waals surface area contributed by atoms with Crippen LogP contribution in [0.15, 0.2) is 0 Å². The molecule has 1 saturated carbocycles. The predicted octanol–water partition coefficient (Wildman–Crippen LogP) is 1.06. The Balaban J connectivity index is 2.05. The summed E-state index contributed by atoms with van der Waals surface area (Å²) < 4.78 is 10.1. The molecule has 1 aliphatic heterocycles. The van der Waals surface area contributed by atoms with Gasteiger partial charge in [-0.05, 0) is 40.0 Å². The minimum Gasteiger partial charge on any atom is -0.467 e. The van der Waals surface area contributed by atoms with Crippen LogP contribution in [0.2, 0.25) is 0 Å². The maximum atomic E-state index is 12.3. The molecule has 1 heterocycles. The van der Waals surface area contributed by atoms with Crippen molar-refractivity contribution in [3.63, 3.8) is 0 Å². The first-order valence-electron chi connectivity index (χ1n) is 7.59. The largest absolute Gasteiger partial charge is 0.467 e. The third kappa shape index (κ3) is 4.11. The number of likely N-dealkylation sites (tertiary alicyclic amines) is 1. The van der Waals surface area contributed by atoms with Crippen molar-refractivity contribution >= 4 is 18.0 Å². The molecule has 0 bridgehead atoms. The van der Waals surface area contributed by atoms with Gasteiger partial charge in [0.15, 0.2) is 0 Å². The Morgan fingerprint density at radius 2 is 1.82 bits per heavy atom. The molecule has 7 heteroatoms. The number of ether oxygens (including phenoxy) is 2. The van der Waals surface area contributed by atoms with Crippen molar-refractivity contribution in [2.24, 2.45) is 5.92 Å². The molecule has 0 radical (unpaired) electrons. The number of amides is 2. The van der Waals surface area contributed by atoms with Crippen LogP contribution in [0.25, 0.3) is 0 Å². The molecule has 0 aromatic heterocycles. The highest BCUT2D eigenvalue weighted by molar-refractivity contribution is 5.86. The van der Waals surface area contributed by atoms with Gasteiger partial charge in [0.1, 0.15) is 11.6 Å². The SMILES string of the molecule is COC(=O)[C@@H]1C[C@@H](C(=O)NC2CC2)CN1C(=O)OC(C)(C)C. The molecule has 2 rings (SSSR count). The summed E-state index contributed by atoms with van der Waals surface area (Å²) in [7, 11) is 1.27. The van der Waals surface area contributed by atoms with E-state index in [-0.39, 0.29) is 24.9 Å². The van der Waals surface area contributed by atoms with Crippen LogP contribution < -0.4 is 5.32 Å². The lowest BCUT2D eigenvalue weighted by atomic mass is 10.0. The Morgan fingerprint density at radius 3 is 2.32 bits per heavy atom. The number of hydrogen-bond donors (Lipinski definition) is 1. The Kier molecular flexibility index (Phi) is 4.63. The highest BCUT2D eigenvalue weighted by Gasteiger charge is 2.45. The highest BCUT2D eigenvalue weighted by Crippen LogP contribution is 2.28. The average molecular weight is 312 g/mol. The van der Waals surface area contributed by atoms with E-state index in [2.05, 4.69) is 5.32 Å². The van der Waals surface area contributed by atoms with E-state index in [1.807, 2.05) is 0 Å². The molecule has 7 nitrogen and oxygen atoms in total. The average Bonchev–Trinajstić information content (AvgIpc) is 3.10. The van der Waals surface area contributed by atoms with E-state index in [1.54, 1.807) is 20.8 Å². The van der Waals surface area contributed by atoms with Gasteiger partial charge < -0.3 is 14.8 Å². The zero-order valence-electron chi connectivity index (χ0n) is 13.5. The van der Waals surface area contributed by atoms with E-state index < -0.39 is 29.6 Å². The maximum Gasteiger partial charge on any atom is 0.411 e. The molecule has 2 amide bonds. The van der Waals surface area contributed by atoms with Gasteiger partial charge in [-0.15, -0.1) is 0 Å². The second kappa shape index (κ2) is 6.14. The lowest BCUT2D eigenvalue weighted by molar-refractivity contribution is -0.145. The number of carbonyl (C=O) groups is 3. The molecular weight excluding hydrogens is 288 g/mol. The monoisotopic (exact) mass is 312 g/mol. The first-order chi connectivity index (χ1) is 10.2. The quantitative estimate of drug-likeness (QED) is 0.788. The Bertz CT molecular complexity index is 467. The van der Waals surface area contributed by atoms with Gasteiger partial charge in [-0.25, -0.2) is 9.59 Å². The number of methoxy groups -OCH3 is 1. The number of nitrogens with zero attached hydrogens (tertiary/aromatic N) is 1. The smallest absolute Gasteiger partial charge is 0.411 e. The van der Waals surface area contributed by atoms with E-state index in [1.165, 1.54) is 12.0 Å². The molecule has 2 atom stereocenters. The fourth-order valence-electron chi connectivity index (χ4n) is 2.45. The third-order valence-corrected chi connectivity index (χ3v) is 3.70. The third-order valence-electron chi connectivity index (χ3n) is 3.70. The number of rotatable bonds is 3. The molecule has 0 spiro atoms. The van der Waals surface area contributed by atoms with E-state index in [0.717, 1.165) is 12.8 Å². The molecule has 1 saturated heterocycles. The molecule has 0 aromatic carbocycles. The van der Waals surface area contributed by atoms with Gasteiger partial charge in [0.25, 0.3) is 0 Å². The number of hydrogen-bond acceptors (Lipinski definition) is 5. The van der Waals surface area contributed by atoms with Crippen molar-refractivity contribution in [3.05, 3.63) is 0 Å². The van der Waals surface area contributed by atoms with Crippen LogP contribution in [0.3, 0.4) is 0 Å². The minimum absolute atomic E-state index is 0.109. The molecule has 2 fully saturated rings. The molecule has 1 N–H and O–H groups in total. The summed E-state index contributed by atoms with van der Waals surface area (Å²) in [6.45, 7) is 5.44. The van der Waals surface area contributed by atoms with Gasteiger partial charge in [-0.1, -0.05) is 0 Å². The fourth-order valence-corrected chi connectivity index (χ4v) is 2.45. The summed E-state index contributed by atoms with van der Waals surface area (Å²) in [6.07, 6.45) is 1.66.